The summed E-state index contributed by atoms with van der Waals surface area (Å²) < 4.78 is 9.04. The van der Waals surface area contributed by atoms with Crippen molar-refractivity contribution in [2.24, 2.45) is 0 Å². The maximum Gasteiger partial charge on any atom is 0.235 e. The molecule has 0 aliphatic heterocycles. The smallest absolute Gasteiger partial charge is 0.235 e. The molecule has 12 aromatic rings. The number of nitrogens with zero attached hydrogens (tertiary/aromatic N) is 3. The molecular weight excluding hydrogens is 695 g/mol. The molecule has 0 atom stereocenters. The molecule has 1 aliphatic rings. The third-order valence-electron chi connectivity index (χ3n) is 12.7. The Bertz CT molecular complexity index is 3700. The van der Waals surface area contributed by atoms with Crippen LogP contribution in [-0.4, -0.2) is 14.5 Å². The summed E-state index contributed by atoms with van der Waals surface area (Å²) in [5.74, 6) is 0.643. The molecule has 4 nitrogen and oxygen atoms in total. The summed E-state index contributed by atoms with van der Waals surface area (Å²) in [4.78, 5) is 11.4. The minimum Gasteiger partial charge on any atom is -0.455 e. The molecule has 57 heavy (non-hydrogen) atoms. The number of hydrogen-bond donors (Lipinski definition) is 0. The number of fused-ring (bicyclic) bond motifs is 17. The Morgan fingerprint density at radius 1 is 0.456 bits per heavy atom. The summed E-state index contributed by atoms with van der Waals surface area (Å²) >= 11 is 0. The van der Waals surface area contributed by atoms with Gasteiger partial charge in [0.15, 0.2) is 0 Å². The van der Waals surface area contributed by atoms with Gasteiger partial charge in [0, 0.05) is 49.0 Å². The van der Waals surface area contributed by atoms with Crippen LogP contribution in [0.2, 0.25) is 0 Å². The lowest BCUT2D eigenvalue weighted by Gasteiger charge is -2.24. The highest BCUT2D eigenvalue weighted by Gasteiger charge is 2.41. The average molecular weight is 728 g/mol. The van der Waals surface area contributed by atoms with Crippen molar-refractivity contribution in [1.29, 1.82) is 0 Å². The van der Waals surface area contributed by atoms with Crippen LogP contribution in [0.5, 0.6) is 0 Å². The fourth-order valence-corrected chi connectivity index (χ4v) is 10.2. The van der Waals surface area contributed by atoms with E-state index >= 15 is 0 Å². The van der Waals surface area contributed by atoms with Crippen LogP contribution in [0.4, 0.5) is 0 Å². The van der Waals surface area contributed by atoms with Crippen molar-refractivity contribution in [3.05, 3.63) is 175 Å². The number of para-hydroxylation sites is 2. The van der Waals surface area contributed by atoms with Crippen molar-refractivity contribution >= 4 is 86.8 Å². The zero-order chi connectivity index (χ0) is 37.6. The highest BCUT2D eigenvalue weighted by atomic mass is 16.3. The van der Waals surface area contributed by atoms with Gasteiger partial charge in [-0.1, -0.05) is 147 Å². The summed E-state index contributed by atoms with van der Waals surface area (Å²) in [7, 11) is 0. The molecule has 0 unspecified atom stereocenters. The molecule has 0 bridgehead atoms. The lowest BCUT2D eigenvalue weighted by molar-refractivity contribution is 0.654. The minimum atomic E-state index is -0.346. The van der Waals surface area contributed by atoms with E-state index in [1.807, 2.05) is 12.1 Å². The third-order valence-corrected chi connectivity index (χ3v) is 12.7. The van der Waals surface area contributed by atoms with Gasteiger partial charge in [0.25, 0.3) is 0 Å². The van der Waals surface area contributed by atoms with E-state index in [0.717, 1.165) is 61.1 Å². The Balaban J connectivity index is 1.23. The topological polar surface area (TPSA) is 43.9 Å². The first kappa shape index (κ1) is 31.0. The van der Waals surface area contributed by atoms with Gasteiger partial charge in [-0.25, -0.2) is 9.97 Å². The summed E-state index contributed by atoms with van der Waals surface area (Å²) in [5, 5.41) is 14.5. The molecule has 1 aliphatic carbocycles. The van der Waals surface area contributed by atoms with Crippen molar-refractivity contribution in [3.63, 3.8) is 0 Å². The zero-order valence-corrected chi connectivity index (χ0v) is 31.3. The normalized spacial score (nSPS) is 13.6. The number of benzene rings is 9. The first-order valence-electron chi connectivity index (χ1n) is 19.7. The van der Waals surface area contributed by atoms with E-state index in [2.05, 4.69) is 170 Å². The molecule has 0 fully saturated rings. The van der Waals surface area contributed by atoms with E-state index in [0.29, 0.717) is 5.95 Å². The van der Waals surface area contributed by atoms with Gasteiger partial charge in [-0.05, 0) is 73.6 Å². The average Bonchev–Trinajstić information content (AvgIpc) is 3.88. The summed E-state index contributed by atoms with van der Waals surface area (Å²) in [5.41, 5.74) is 9.87. The second-order valence-corrected chi connectivity index (χ2v) is 16.1. The number of hydrogen-bond acceptors (Lipinski definition) is 3. The first-order valence-corrected chi connectivity index (χ1v) is 19.7. The SMILES string of the molecule is CC1(C)c2ccccc2-c2nc(-n3c4cc5ccccc5cc4c4c5c6ccccc6c6ccccc6c5ccc43)nc(-c3cccc4c3oc3ccccc34)c21. The Hall–Kier alpha value is -7.30. The molecule has 0 amide bonds. The van der Waals surface area contributed by atoms with Gasteiger partial charge in [0.05, 0.1) is 22.4 Å². The summed E-state index contributed by atoms with van der Waals surface area (Å²) in [6.45, 7) is 4.61. The largest absolute Gasteiger partial charge is 0.455 e. The number of furan rings is 1. The quantitative estimate of drug-likeness (QED) is 0.167. The molecular formula is C53H33N3O. The predicted molar refractivity (Wildman–Crippen MR) is 237 cm³/mol. The lowest BCUT2D eigenvalue weighted by atomic mass is 9.80. The van der Waals surface area contributed by atoms with Gasteiger partial charge >= 0.3 is 0 Å². The molecule has 3 aromatic heterocycles. The molecule has 3 heterocycles. The van der Waals surface area contributed by atoms with E-state index in [1.54, 1.807) is 0 Å². The van der Waals surface area contributed by atoms with Gasteiger partial charge < -0.3 is 4.42 Å². The van der Waals surface area contributed by atoms with Crippen LogP contribution in [0.3, 0.4) is 0 Å². The fourth-order valence-electron chi connectivity index (χ4n) is 10.2. The second kappa shape index (κ2) is 10.9. The molecule has 9 aromatic carbocycles. The van der Waals surface area contributed by atoms with Gasteiger partial charge in [-0.15, -0.1) is 0 Å². The Labute approximate surface area is 327 Å². The minimum absolute atomic E-state index is 0.346. The first-order chi connectivity index (χ1) is 28.0. The van der Waals surface area contributed by atoms with Crippen molar-refractivity contribution < 1.29 is 4.42 Å². The van der Waals surface area contributed by atoms with Crippen LogP contribution < -0.4 is 0 Å². The van der Waals surface area contributed by atoms with Crippen molar-refractivity contribution in [1.82, 2.24) is 14.5 Å². The summed E-state index contributed by atoms with van der Waals surface area (Å²) in [6, 6.07) is 59.1. The third kappa shape index (κ3) is 4.01. The lowest BCUT2D eigenvalue weighted by Crippen LogP contribution is -2.18. The molecule has 0 spiro atoms. The summed E-state index contributed by atoms with van der Waals surface area (Å²) in [6.07, 6.45) is 0. The van der Waals surface area contributed by atoms with Gasteiger partial charge in [-0.3, -0.25) is 4.57 Å². The van der Waals surface area contributed by atoms with E-state index in [-0.39, 0.29) is 5.41 Å². The molecule has 13 rings (SSSR count). The standard InChI is InChI=1S/C53H33N3O/c1-53(2)42-24-11-9-21-39(42)49-48(53)50(40-23-13-22-38-35-19-10-12-25-45(35)57-51(38)40)55-52(54-49)56-43-27-26-37-34-18-6-5-16-32(34)33-17-7-8-20-36(33)46(37)47(43)41-28-30-14-3-4-15-31(30)29-44(41)56/h3-29H,1-2H3. The Morgan fingerprint density at radius 3 is 1.82 bits per heavy atom. The van der Waals surface area contributed by atoms with Crippen LogP contribution in [0.1, 0.15) is 25.0 Å². The van der Waals surface area contributed by atoms with Crippen LogP contribution in [0.25, 0.3) is 115 Å². The predicted octanol–water partition coefficient (Wildman–Crippen LogP) is 14.1. The van der Waals surface area contributed by atoms with Gasteiger partial charge in [-0.2, -0.15) is 0 Å². The zero-order valence-electron chi connectivity index (χ0n) is 31.3. The maximum absolute atomic E-state index is 6.72. The van der Waals surface area contributed by atoms with E-state index in [4.69, 9.17) is 14.4 Å². The highest BCUT2D eigenvalue weighted by molar-refractivity contribution is 6.35. The number of rotatable bonds is 2. The Kier molecular flexibility index (Phi) is 5.94. The van der Waals surface area contributed by atoms with Crippen LogP contribution in [0.15, 0.2) is 168 Å². The van der Waals surface area contributed by atoms with E-state index in [9.17, 15) is 0 Å². The van der Waals surface area contributed by atoms with Crippen LogP contribution in [-0.2, 0) is 5.41 Å². The van der Waals surface area contributed by atoms with Crippen molar-refractivity contribution in [3.8, 4) is 28.5 Å². The highest BCUT2D eigenvalue weighted by Crippen LogP contribution is 2.53. The maximum atomic E-state index is 6.72. The van der Waals surface area contributed by atoms with E-state index in [1.165, 1.54) is 59.4 Å². The second-order valence-electron chi connectivity index (χ2n) is 16.1. The molecule has 0 N–H and O–H groups in total. The van der Waals surface area contributed by atoms with Gasteiger partial charge in [0.2, 0.25) is 5.95 Å². The van der Waals surface area contributed by atoms with Crippen LogP contribution >= 0.6 is 0 Å². The molecule has 266 valence electrons. The van der Waals surface area contributed by atoms with Gasteiger partial charge in [0.1, 0.15) is 11.2 Å². The van der Waals surface area contributed by atoms with E-state index < -0.39 is 0 Å². The monoisotopic (exact) mass is 727 g/mol. The fraction of sp³-hybridized carbons (Fsp3) is 0.0566. The molecule has 0 radical (unpaired) electrons. The van der Waals surface area contributed by atoms with Crippen LogP contribution in [0, 0.1) is 0 Å². The Morgan fingerprint density at radius 2 is 1.04 bits per heavy atom. The van der Waals surface area contributed by atoms with Crippen molar-refractivity contribution in [2.75, 3.05) is 0 Å². The number of aromatic nitrogens is 3. The molecule has 0 saturated heterocycles. The molecule has 0 saturated carbocycles. The van der Waals surface area contributed by atoms with Crippen molar-refractivity contribution in [2.45, 2.75) is 19.3 Å². The molecule has 4 heteroatoms.